The molecule has 0 spiro atoms. The van der Waals surface area contributed by atoms with Crippen LogP contribution >= 0.6 is 0 Å². The largest absolute Gasteiger partial charge is 0.490 e. The number of amides is 1. The van der Waals surface area contributed by atoms with E-state index < -0.39 is 41.8 Å². The van der Waals surface area contributed by atoms with E-state index in [2.05, 4.69) is 4.98 Å². The monoisotopic (exact) mass is 525 g/mol. The van der Waals surface area contributed by atoms with E-state index in [1.165, 1.54) is 28.8 Å². The van der Waals surface area contributed by atoms with Gasteiger partial charge in [0.05, 0.1) is 17.9 Å². The summed E-state index contributed by atoms with van der Waals surface area (Å²) in [6.07, 6.45) is 4.40. The third-order valence-electron chi connectivity index (χ3n) is 6.00. The van der Waals surface area contributed by atoms with E-state index in [4.69, 9.17) is 4.74 Å². The first-order chi connectivity index (χ1) is 17.2. The molecule has 3 heterocycles. The van der Waals surface area contributed by atoms with Gasteiger partial charge in [-0.3, -0.25) is 9.20 Å². The number of halogens is 3. The minimum absolute atomic E-state index is 0.0301. The number of carbonyl (C=O) groups is 1. The van der Waals surface area contributed by atoms with Crippen LogP contribution in [-0.4, -0.2) is 68.1 Å². The van der Waals surface area contributed by atoms with Crippen molar-refractivity contribution in [3.63, 3.8) is 0 Å². The Bertz CT molecular complexity index is 1350. The summed E-state index contributed by atoms with van der Waals surface area (Å²) in [4.78, 5) is 19.0. The van der Waals surface area contributed by atoms with Crippen molar-refractivity contribution in [2.75, 3.05) is 45.0 Å². The lowest BCUT2D eigenvalue weighted by molar-refractivity contribution is 0.0973. The van der Waals surface area contributed by atoms with Crippen LogP contribution < -0.4 is 14.4 Å². The first-order valence-corrected chi connectivity index (χ1v) is 12.8. The topological polar surface area (TPSA) is 96.2 Å². The number of hydrogen-bond donors (Lipinski definition) is 1. The number of nitrogens with one attached hydrogen (secondary N) is 1. The Morgan fingerprint density at radius 1 is 1.25 bits per heavy atom. The molecule has 1 aliphatic heterocycles. The highest BCUT2D eigenvalue weighted by Crippen LogP contribution is 2.40. The predicted octanol–water partition coefficient (Wildman–Crippen LogP) is 3.04. The molecule has 1 aromatic carbocycles. The van der Waals surface area contributed by atoms with Crippen LogP contribution in [0.5, 0.6) is 5.75 Å². The van der Waals surface area contributed by atoms with Gasteiger partial charge in [0.25, 0.3) is 5.91 Å². The van der Waals surface area contributed by atoms with E-state index in [0.717, 1.165) is 13.5 Å². The third-order valence-corrected chi connectivity index (χ3v) is 7.45. The highest BCUT2D eigenvalue weighted by molar-refractivity contribution is 7.87. The van der Waals surface area contributed by atoms with E-state index in [9.17, 15) is 26.4 Å². The molecule has 9 nitrogen and oxygen atoms in total. The third kappa shape index (κ3) is 5.26. The van der Waals surface area contributed by atoms with Crippen LogP contribution in [-0.2, 0) is 10.2 Å². The van der Waals surface area contributed by atoms with Crippen LogP contribution in [0.3, 0.4) is 0 Å². The maximum atomic E-state index is 14.1. The van der Waals surface area contributed by atoms with Crippen molar-refractivity contribution in [2.45, 2.75) is 18.9 Å². The number of aromatic nitrogens is 2. The highest BCUT2D eigenvalue weighted by Gasteiger charge is 2.30. The number of nitrogens with zero attached hydrogens (tertiary/aromatic N) is 4. The molecule has 1 unspecified atom stereocenters. The Labute approximate surface area is 206 Å². The van der Waals surface area contributed by atoms with Crippen molar-refractivity contribution < 1.29 is 31.1 Å². The Hall–Kier alpha value is -3.32. The van der Waals surface area contributed by atoms with Gasteiger partial charge in [0.2, 0.25) is 0 Å². The van der Waals surface area contributed by atoms with Crippen LogP contribution in [0.25, 0.3) is 5.65 Å². The summed E-state index contributed by atoms with van der Waals surface area (Å²) in [5.74, 6) is -0.958. The number of alkyl halides is 2. The number of fused-ring (bicyclic) bond motifs is 1. The van der Waals surface area contributed by atoms with Gasteiger partial charge in [-0.25, -0.2) is 22.9 Å². The van der Waals surface area contributed by atoms with Gasteiger partial charge in [0.1, 0.15) is 42.9 Å². The molecule has 1 fully saturated rings. The summed E-state index contributed by atoms with van der Waals surface area (Å²) >= 11 is 0. The predicted molar refractivity (Wildman–Crippen MR) is 127 cm³/mol. The Morgan fingerprint density at radius 2 is 2.06 bits per heavy atom. The van der Waals surface area contributed by atoms with Gasteiger partial charge in [0.15, 0.2) is 0 Å². The van der Waals surface area contributed by atoms with Crippen molar-refractivity contribution >= 4 is 27.5 Å². The summed E-state index contributed by atoms with van der Waals surface area (Å²) in [5.41, 5.74) is 1.66. The zero-order valence-electron chi connectivity index (χ0n) is 19.5. The lowest BCUT2D eigenvalue weighted by Gasteiger charge is -2.28. The maximum Gasteiger partial charge on any atom is 0.303 e. The lowest BCUT2D eigenvalue weighted by atomic mass is 10.0. The van der Waals surface area contributed by atoms with Crippen molar-refractivity contribution in [1.82, 2.24) is 18.4 Å². The Morgan fingerprint density at radius 3 is 2.81 bits per heavy atom. The van der Waals surface area contributed by atoms with Gasteiger partial charge < -0.3 is 9.64 Å². The van der Waals surface area contributed by atoms with Crippen LogP contribution in [0, 0.1) is 5.82 Å². The lowest BCUT2D eigenvalue weighted by Crippen LogP contribution is -2.42. The molecule has 1 N–H and O–H groups in total. The molecule has 36 heavy (non-hydrogen) atoms. The maximum absolute atomic E-state index is 14.1. The molecule has 1 saturated heterocycles. The van der Waals surface area contributed by atoms with Crippen LogP contribution in [0.15, 0.2) is 42.7 Å². The van der Waals surface area contributed by atoms with Crippen LogP contribution in [0.2, 0.25) is 0 Å². The Kier molecular flexibility index (Phi) is 7.69. The van der Waals surface area contributed by atoms with Gasteiger partial charge in [-0.1, -0.05) is 0 Å². The first-order valence-electron chi connectivity index (χ1n) is 11.3. The fraction of sp³-hybridized carbons (Fsp3) is 0.391. The average Bonchev–Trinajstić information content (AvgIpc) is 3.50. The molecule has 194 valence electrons. The molecule has 1 amide bonds. The second kappa shape index (κ2) is 10.7. The summed E-state index contributed by atoms with van der Waals surface area (Å²) in [7, 11) is -3.08. The quantitative estimate of drug-likeness (QED) is 0.437. The molecule has 1 atom stereocenters. The molecule has 13 heteroatoms. The zero-order chi connectivity index (χ0) is 25.9. The van der Waals surface area contributed by atoms with Gasteiger partial charge in [0, 0.05) is 31.9 Å². The Balaban J connectivity index is 1.65. The van der Waals surface area contributed by atoms with Gasteiger partial charge in [-0.2, -0.15) is 12.7 Å². The number of carbonyl (C=O) groups excluding carboxylic acids is 1. The van der Waals surface area contributed by atoms with E-state index in [0.29, 0.717) is 39.9 Å². The number of rotatable bonds is 10. The summed E-state index contributed by atoms with van der Waals surface area (Å²) in [6, 6.07) is 7.34. The minimum atomic E-state index is -4.24. The van der Waals surface area contributed by atoms with E-state index in [1.807, 2.05) is 9.62 Å². The number of benzene rings is 1. The number of hydrogen-bond acceptors (Lipinski definition) is 6. The molecule has 2 aromatic heterocycles. The second-order valence-corrected chi connectivity index (χ2v) is 10.1. The number of ether oxygens (including phenoxy) is 1. The van der Waals surface area contributed by atoms with Crippen molar-refractivity contribution in [3.8, 4) is 5.75 Å². The SMILES string of the molecule is CN(CCF)S(=O)(=O)NC(=O)c1cnc2ccc(N3CCCC3c3cc(F)ccc3OCCF)cn12. The highest BCUT2D eigenvalue weighted by atomic mass is 32.2. The van der Waals surface area contributed by atoms with Crippen molar-refractivity contribution in [3.05, 3.63) is 59.8 Å². The van der Waals surface area contributed by atoms with Crippen LogP contribution in [0.4, 0.5) is 18.9 Å². The molecule has 0 radical (unpaired) electrons. The molecule has 0 bridgehead atoms. The fourth-order valence-corrected chi connectivity index (χ4v) is 5.06. The number of imidazole rings is 1. The van der Waals surface area contributed by atoms with Crippen molar-refractivity contribution in [1.29, 1.82) is 0 Å². The smallest absolute Gasteiger partial charge is 0.303 e. The molecule has 4 rings (SSSR count). The normalized spacial score (nSPS) is 16.1. The second-order valence-electron chi connectivity index (χ2n) is 8.28. The van der Waals surface area contributed by atoms with E-state index in [1.54, 1.807) is 18.3 Å². The molecular formula is C23H26F3N5O4S. The van der Waals surface area contributed by atoms with Gasteiger partial charge in [-0.05, 0) is 43.2 Å². The van der Waals surface area contributed by atoms with Crippen LogP contribution in [0.1, 0.15) is 34.9 Å². The average molecular weight is 526 g/mol. The van der Waals surface area contributed by atoms with E-state index >= 15 is 0 Å². The molecule has 3 aromatic rings. The molecule has 0 aliphatic carbocycles. The zero-order valence-corrected chi connectivity index (χ0v) is 20.3. The number of anilines is 1. The van der Waals surface area contributed by atoms with Gasteiger partial charge in [-0.15, -0.1) is 0 Å². The summed E-state index contributed by atoms with van der Waals surface area (Å²) < 4.78 is 73.6. The van der Waals surface area contributed by atoms with Crippen molar-refractivity contribution in [2.24, 2.45) is 0 Å². The minimum Gasteiger partial charge on any atom is -0.490 e. The number of pyridine rings is 1. The molecule has 1 aliphatic rings. The molecular weight excluding hydrogens is 499 g/mol. The van der Waals surface area contributed by atoms with E-state index in [-0.39, 0.29) is 18.3 Å². The fourth-order valence-electron chi connectivity index (χ4n) is 4.25. The summed E-state index contributed by atoms with van der Waals surface area (Å²) in [6.45, 7) is -1.48. The van der Waals surface area contributed by atoms with Gasteiger partial charge >= 0.3 is 10.2 Å². The first kappa shape index (κ1) is 25.8. The molecule has 0 saturated carbocycles. The standard InChI is InChI=1S/C23H26F3N5O4S/c1-29(11-8-24)36(33,34)28-23(32)20-14-27-22-7-5-17(15-31(20)22)30-10-2-3-19(30)18-13-16(26)4-6-21(18)35-12-9-25/h4-7,13-15,19H,2-3,8-12H2,1H3,(H,28,32). The summed E-state index contributed by atoms with van der Waals surface area (Å²) in [5, 5.41) is 0.